The number of carbonyl (C=O) groups excluding carboxylic acids is 1. The van der Waals surface area contributed by atoms with E-state index in [1.807, 2.05) is 11.0 Å². The van der Waals surface area contributed by atoms with Crippen molar-refractivity contribution in [3.05, 3.63) is 77.7 Å². The Balaban J connectivity index is 1.37. The van der Waals surface area contributed by atoms with Crippen molar-refractivity contribution in [1.82, 2.24) is 9.47 Å². The number of rotatable bonds is 4. The van der Waals surface area contributed by atoms with Gasteiger partial charge in [0.1, 0.15) is 6.54 Å². The molecule has 1 aliphatic rings. The van der Waals surface area contributed by atoms with Crippen LogP contribution in [0.15, 0.2) is 72.1 Å². The number of para-hydroxylation sites is 1. The Kier molecular flexibility index (Phi) is 5.28. The van der Waals surface area contributed by atoms with E-state index in [0.29, 0.717) is 6.54 Å². The van der Waals surface area contributed by atoms with E-state index in [9.17, 15) is 4.79 Å². The summed E-state index contributed by atoms with van der Waals surface area (Å²) in [6, 6.07) is 23.6. The number of aromatic nitrogens is 1. The molecule has 1 aliphatic heterocycles. The van der Waals surface area contributed by atoms with E-state index in [0.717, 1.165) is 30.8 Å². The molecule has 1 fully saturated rings. The molecule has 4 nitrogen and oxygen atoms in total. The van der Waals surface area contributed by atoms with Gasteiger partial charge in [-0.05, 0) is 55.1 Å². The maximum absolute atomic E-state index is 13.4. The number of carbonyl (C=O) groups is 1. The van der Waals surface area contributed by atoms with E-state index in [1.165, 1.54) is 21.5 Å². The summed E-state index contributed by atoms with van der Waals surface area (Å²) in [5.41, 5.74) is 4.75. The monoisotopic (exact) mass is 429 g/mol. The molecule has 2 aromatic carbocycles. The summed E-state index contributed by atoms with van der Waals surface area (Å²) in [7, 11) is 0. The van der Waals surface area contributed by atoms with Crippen molar-refractivity contribution in [3.8, 4) is 10.6 Å². The highest BCUT2D eigenvalue weighted by Gasteiger charge is 2.27. The first-order chi connectivity index (χ1) is 15.1. The van der Waals surface area contributed by atoms with E-state index >= 15 is 0 Å². The second-order valence-electron chi connectivity index (χ2n) is 8.37. The Morgan fingerprint density at radius 2 is 1.90 bits per heavy atom. The van der Waals surface area contributed by atoms with Crippen LogP contribution in [0.5, 0.6) is 0 Å². The molecule has 4 aromatic rings. The van der Waals surface area contributed by atoms with Crippen LogP contribution in [0, 0.1) is 6.92 Å². The van der Waals surface area contributed by atoms with Gasteiger partial charge in [0.05, 0.1) is 10.6 Å². The number of nitrogens with zero attached hydrogens (tertiary/aromatic N) is 3. The predicted octanol–water partition coefficient (Wildman–Crippen LogP) is 5.42. The van der Waals surface area contributed by atoms with Gasteiger partial charge in [0, 0.05) is 42.3 Å². The standard InChI is InChI=1S/C26H27N3OS/c1-19-7-5-9-22(15-19)28-13-12-27(17-20(28)2)26(30)18-29-23-10-4-3-8-21(23)16-24(29)25-11-6-14-31-25/h3-11,14-16,20H,12-13,17-18H2,1-2H3. The minimum absolute atomic E-state index is 0.190. The summed E-state index contributed by atoms with van der Waals surface area (Å²) in [6.45, 7) is 7.08. The lowest BCUT2D eigenvalue weighted by Crippen LogP contribution is -2.54. The topological polar surface area (TPSA) is 28.5 Å². The number of fused-ring (bicyclic) bond motifs is 1. The maximum atomic E-state index is 13.4. The van der Waals surface area contributed by atoms with E-state index in [-0.39, 0.29) is 11.9 Å². The Morgan fingerprint density at radius 1 is 1.03 bits per heavy atom. The molecular weight excluding hydrogens is 402 g/mol. The third kappa shape index (κ3) is 3.86. The molecule has 5 heteroatoms. The van der Waals surface area contributed by atoms with Crippen molar-refractivity contribution in [3.63, 3.8) is 0 Å². The first-order valence-electron chi connectivity index (χ1n) is 10.8. The third-order valence-electron chi connectivity index (χ3n) is 6.19. The number of thiophene rings is 1. The molecule has 3 heterocycles. The van der Waals surface area contributed by atoms with Gasteiger partial charge in [-0.25, -0.2) is 0 Å². The second kappa shape index (κ2) is 8.23. The van der Waals surface area contributed by atoms with Gasteiger partial charge < -0.3 is 14.4 Å². The van der Waals surface area contributed by atoms with Crippen LogP contribution in [0.4, 0.5) is 5.69 Å². The summed E-state index contributed by atoms with van der Waals surface area (Å²) >= 11 is 1.72. The summed E-state index contributed by atoms with van der Waals surface area (Å²) in [4.78, 5) is 19.0. The number of benzene rings is 2. The number of piperazine rings is 1. The highest BCUT2D eigenvalue weighted by atomic mass is 32.1. The molecule has 0 radical (unpaired) electrons. The van der Waals surface area contributed by atoms with Crippen molar-refractivity contribution >= 4 is 33.8 Å². The van der Waals surface area contributed by atoms with Crippen LogP contribution in [0.1, 0.15) is 12.5 Å². The van der Waals surface area contributed by atoms with Gasteiger partial charge in [0.15, 0.2) is 0 Å². The van der Waals surface area contributed by atoms with Gasteiger partial charge in [0.25, 0.3) is 0 Å². The predicted molar refractivity (Wildman–Crippen MR) is 130 cm³/mol. The molecule has 158 valence electrons. The lowest BCUT2D eigenvalue weighted by molar-refractivity contribution is -0.132. The number of hydrogen-bond donors (Lipinski definition) is 0. The number of amides is 1. The van der Waals surface area contributed by atoms with E-state index in [2.05, 4.69) is 89.4 Å². The van der Waals surface area contributed by atoms with Crippen LogP contribution in [0.2, 0.25) is 0 Å². The van der Waals surface area contributed by atoms with E-state index in [4.69, 9.17) is 0 Å². The summed E-state index contributed by atoms with van der Waals surface area (Å²) in [6.07, 6.45) is 0. The van der Waals surface area contributed by atoms with E-state index in [1.54, 1.807) is 11.3 Å². The Labute approximate surface area is 187 Å². The van der Waals surface area contributed by atoms with Gasteiger partial charge >= 0.3 is 0 Å². The molecule has 5 rings (SSSR count). The minimum atomic E-state index is 0.190. The van der Waals surface area contributed by atoms with Crippen molar-refractivity contribution < 1.29 is 4.79 Å². The molecule has 1 amide bonds. The fourth-order valence-corrected chi connectivity index (χ4v) is 5.37. The smallest absolute Gasteiger partial charge is 0.242 e. The lowest BCUT2D eigenvalue weighted by atomic mass is 10.1. The van der Waals surface area contributed by atoms with Gasteiger partial charge in [0.2, 0.25) is 5.91 Å². The highest BCUT2D eigenvalue weighted by molar-refractivity contribution is 7.13. The molecule has 2 aromatic heterocycles. The molecular formula is C26H27N3OS. The SMILES string of the molecule is Cc1cccc(N2CCN(C(=O)Cn3c(-c4cccs4)cc4ccccc43)CC2C)c1. The fourth-order valence-electron chi connectivity index (χ4n) is 4.62. The Bertz CT molecular complexity index is 1210. The van der Waals surface area contributed by atoms with Crippen LogP contribution in [-0.2, 0) is 11.3 Å². The molecule has 1 saturated heterocycles. The van der Waals surface area contributed by atoms with Crippen molar-refractivity contribution in [1.29, 1.82) is 0 Å². The molecule has 0 N–H and O–H groups in total. The quantitative estimate of drug-likeness (QED) is 0.434. The van der Waals surface area contributed by atoms with E-state index < -0.39 is 0 Å². The molecule has 31 heavy (non-hydrogen) atoms. The average molecular weight is 430 g/mol. The van der Waals surface area contributed by atoms with Crippen molar-refractivity contribution in [2.75, 3.05) is 24.5 Å². The number of anilines is 1. The normalized spacial score (nSPS) is 16.8. The van der Waals surface area contributed by atoms with Crippen molar-refractivity contribution in [2.24, 2.45) is 0 Å². The zero-order valence-corrected chi connectivity index (χ0v) is 18.8. The van der Waals surface area contributed by atoms with Crippen LogP contribution in [0.3, 0.4) is 0 Å². The van der Waals surface area contributed by atoms with Gasteiger partial charge in [-0.15, -0.1) is 11.3 Å². The Morgan fingerprint density at radius 3 is 2.68 bits per heavy atom. The van der Waals surface area contributed by atoms with Crippen LogP contribution >= 0.6 is 11.3 Å². The van der Waals surface area contributed by atoms with Crippen LogP contribution in [-0.4, -0.2) is 41.1 Å². The van der Waals surface area contributed by atoms with Crippen LogP contribution in [0.25, 0.3) is 21.5 Å². The highest BCUT2D eigenvalue weighted by Crippen LogP contribution is 2.31. The summed E-state index contributed by atoms with van der Waals surface area (Å²) in [5, 5.41) is 3.27. The van der Waals surface area contributed by atoms with Crippen LogP contribution < -0.4 is 4.90 Å². The average Bonchev–Trinajstić information content (AvgIpc) is 3.42. The molecule has 0 spiro atoms. The number of aryl methyl sites for hydroxylation is 1. The van der Waals surface area contributed by atoms with Gasteiger partial charge in [-0.1, -0.05) is 36.4 Å². The maximum Gasteiger partial charge on any atom is 0.242 e. The molecule has 1 unspecified atom stereocenters. The summed E-state index contributed by atoms with van der Waals surface area (Å²) in [5.74, 6) is 0.190. The number of hydrogen-bond acceptors (Lipinski definition) is 3. The zero-order chi connectivity index (χ0) is 21.4. The molecule has 0 aliphatic carbocycles. The Hall–Kier alpha value is -3.05. The third-order valence-corrected chi connectivity index (χ3v) is 7.08. The molecule has 1 atom stereocenters. The summed E-state index contributed by atoms with van der Waals surface area (Å²) < 4.78 is 2.18. The lowest BCUT2D eigenvalue weighted by Gasteiger charge is -2.41. The molecule has 0 bridgehead atoms. The van der Waals surface area contributed by atoms with Crippen molar-refractivity contribution in [2.45, 2.75) is 26.4 Å². The first-order valence-corrected chi connectivity index (χ1v) is 11.7. The molecule has 0 saturated carbocycles. The van der Waals surface area contributed by atoms with Gasteiger partial charge in [-0.2, -0.15) is 0 Å². The fraction of sp³-hybridized carbons (Fsp3) is 0.269. The minimum Gasteiger partial charge on any atom is -0.365 e. The largest absolute Gasteiger partial charge is 0.365 e. The second-order valence-corrected chi connectivity index (χ2v) is 9.32. The zero-order valence-electron chi connectivity index (χ0n) is 18.0. The van der Waals surface area contributed by atoms with Gasteiger partial charge in [-0.3, -0.25) is 4.79 Å². The first kappa shape index (κ1) is 19.9.